The van der Waals surface area contributed by atoms with E-state index >= 15 is 0 Å². The van der Waals surface area contributed by atoms with Crippen LogP contribution in [-0.2, 0) is 11.3 Å². The molecule has 0 saturated carbocycles. The van der Waals surface area contributed by atoms with Crippen molar-refractivity contribution in [1.82, 2.24) is 0 Å². The number of benzene rings is 2. The molecule has 0 aliphatic carbocycles. The molecule has 0 bridgehead atoms. The Balaban J connectivity index is 2.30. The Morgan fingerprint density at radius 2 is 1.90 bits per heavy atom. The summed E-state index contributed by atoms with van der Waals surface area (Å²) in [6.07, 6.45) is 0. The van der Waals surface area contributed by atoms with Gasteiger partial charge in [0.1, 0.15) is 12.4 Å². The van der Waals surface area contributed by atoms with E-state index in [1.165, 1.54) is 12.1 Å². The summed E-state index contributed by atoms with van der Waals surface area (Å²) in [5.74, 6) is -1.28. The minimum Gasteiger partial charge on any atom is -0.480 e. The van der Waals surface area contributed by atoms with Crippen molar-refractivity contribution in [3.8, 4) is 0 Å². The fraction of sp³-hybridized carbons (Fsp3) is 0.188. The Bertz CT molecular complexity index is 643. The molecule has 0 saturated heterocycles. The summed E-state index contributed by atoms with van der Waals surface area (Å²) in [7, 11) is 0. The molecule has 21 heavy (non-hydrogen) atoms. The van der Waals surface area contributed by atoms with Gasteiger partial charge in [-0.1, -0.05) is 17.7 Å². The lowest BCUT2D eigenvalue weighted by molar-refractivity contribution is -0.135. The van der Waals surface area contributed by atoms with Gasteiger partial charge in [-0.15, -0.1) is 0 Å². The van der Waals surface area contributed by atoms with Crippen molar-refractivity contribution in [2.75, 3.05) is 11.4 Å². The van der Waals surface area contributed by atoms with Crippen molar-refractivity contribution in [2.45, 2.75) is 13.5 Å². The van der Waals surface area contributed by atoms with E-state index < -0.39 is 5.97 Å². The molecule has 110 valence electrons. The predicted octanol–water partition coefficient (Wildman–Crippen LogP) is 3.88. The van der Waals surface area contributed by atoms with Crippen LogP contribution in [0.3, 0.4) is 0 Å². The van der Waals surface area contributed by atoms with Gasteiger partial charge in [0.05, 0.1) is 0 Å². The maximum Gasteiger partial charge on any atom is 0.323 e. The van der Waals surface area contributed by atoms with Gasteiger partial charge in [0, 0.05) is 17.3 Å². The van der Waals surface area contributed by atoms with E-state index in [4.69, 9.17) is 16.7 Å². The second-order valence-corrected chi connectivity index (χ2v) is 5.23. The van der Waals surface area contributed by atoms with Gasteiger partial charge < -0.3 is 10.0 Å². The van der Waals surface area contributed by atoms with Crippen molar-refractivity contribution in [3.05, 3.63) is 64.4 Å². The van der Waals surface area contributed by atoms with E-state index in [-0.39, 0.29) is 12.4 Å². The Kier molecular flexibility index (Phi) is 4.81. The molecule has 0 amide bonds. The average molecular weight is 308 g/mol. The number of aliphatic carboxylic acids is 1. The molecule has 2 rings (SSSR count). The lowest BCUT2D eigenvalue weighted by Gasteiger charge is -2.24. The third-order valence-corrected chi connectivity index (χ3v) is 3.44. The maximum absolute atomic E-state index is 13.4. The third kappa shape index (κ3) is 4.20. The highest BCUT2D eigenvalue weighted by atomic mass is 35.5. The molecular weight excluding hydrogens is 293 g/mol. The number of anilines is 1. The Hall–Kier alpha value is -2.07. The Labute approximate surface area is 127 Å². The van der Waals surface area contributed by atoms with Crippen LogP contribution < -0.4 is 4.90 Å². The van der Waals surface area contributed by atoms with Gasteiger partial charge in [0.15, 0.2) is 0 Å². The molecule has 5 heteroatoms. The first-order chi connectivity index (χ1) is 9.95. The van der Waals surface area contributed by atoms with Crippen LogP contribution in [0.5, 0.6) is 0 Å². The van der Waals surface area contributed by atoms with E-state index in [1.54, 1.807) is 35.2 Å². The molecule has 0 radical (unpaired) electrons. The highest BCUT2D eigenvalue weighted by molar-refractivity contribution is 6.30. The van der Waals surface area contributed by atoms with Gasteiger partial charge in [-0.2, -0.15) is 0 Å². The average Bonchev–Trinajstić information content (AvgIpc) is 2.42. The molecule has 2 aromatic carbocycles. The van der Waals surface area contributed by atoms with Gasteiger partial charge in [0.25, 0.3) is 0 Å². The number of aryl methyl sites for hydroxylation is 1. The number of carbonyl (C=O) groups is 1. The standard InChI is InChI=1S/C16H15ClFNO2/c1-11-2-5-14(18)8-12(11)9-19(10-16(20)21)15-6-3-13(17)4-7-15/h2-8H,9-10H2,1H3,(H,20,21). The molecule has 0 spiro atoms. The fourth-order valence-electron chi connectivity index (χ4n) is 2.07. The van der Waals surface area contributed by atoms with E-state index in [2.05, 4.69) is 0 Å². The zero-order chi connectivity index (χ0) is 15.4. The number of carboxylic acid groups (broad SMARTS) is 1. The minimum atomic E-state index is -0.945. The van der Waals surface area contributed by atoms with E-state index in [0.717, 1.165) is 16.8 Å². The molecule has 0 aliphatic rings. The monoisotopic (exact) mass is 307 g/mol. The van der Waals surface area contributed by atoms with Crippen molar-refractivity contribution in [1.29, 1.82) is 0 Å². The summed E-state index contributed by atoms with van der Waals surface area (Å²) < 4.78 is 13.4. The lowest BCUT2D eigenvalue weighted by Crippen LogP contribution is -2.29. The van der Waals surface area contributed by atoms with Gasteiger partial charge >= 0.3 is 5.97 Å². The molecule has 0 atom stereocenters. The van der Waals surface area contributed by atoms with Gasteiger partial charge in [-0.25, -0.2) is 4.39 Å². The second-order valence-electron chi connectivity index (χ2n) is 4.80. The lowest BCUT2D eigenvalue weighted by atomic mass is 10.1. The van der Waals surface area contributed by atoms with Crippen LogP contribution in [0, 0.1) is 12.7 Å². The summed E-state index contributed by atoms with van der Waals surface area (Å²) in [4.78, 5) is 12.7. The number of hydrogen-bond donors (Lipinski definition) is 1. The van der Waals surface area contributed by atoms with Crippen molar-refractivity contribution < 1.29 is 14.3 Å². The molecule has 0 heterocycles. The quantitative estimate of drug-likeness (QED) is 0.911. The normalized spacial score (nSPS) is 10.4. The van der Waals surface area contributed by atoms with Gasteiger partial charge in [-0.3, -0.25) is 4.79 Å². The van der Waals surface area contributed by atoms with Gasteiger partial charge in [0.2, 0.25) is 0 Å². The second kappa shape index (κ2) is 6.59. The third-order valence-electron chi connectivity index (χ3n) is 3.19. The number of nitrogens with zero attached hydrogens (tertiary/aromatic N) is 1. The highest BCUT2D eigenvalue weighted by Crippen LogP contribution is 2.21. The van der Waals surface area contributed by atoms with E-state index in [1.807, 2.05) is 6.92 Å². The maximum atomic E-state index is 13.4. The molecule has 3 nitrogen and oxygen atoms in total. The summed E-state index contributed by atoms with van der Waals surface area (Å²) >= 11 is 5.84. The van der Waals surface area contributed by atoms with Crippen LogP contribution in [-0.4, -0.2) is 17.6 Å². The SMILES string of the molecule is Cc1ccc(F)cc1CN(CC(=O)O)c1ccc(Cl)cc1. The fourth-order valence-corrected chi connectivity index (χ4v) is 2.20. The van der Waals surface area contributed by atoms with Crippen molar-refractivity contribution in [3.63, 3.8) is 0 Å². The van der Waals surface area contributed by atoms with Crippen molar-refractivity contribution >= 4 is 23.3 Å². The van der Waals surface area contributed by atoms with E-state index in [0.29, 0.717) is 11.6 Å². The molecular formula is C16H15ClFNO2. The largest absolute Gasteiger partial charge is 0.480 e. The topological polar surface area (TPSA) is 40.5 Å². The summed E-state index contributed by atoms with van der Waals surface area (Å²) in [5, 5.41) is 9.64. The van der Waals surface area contributed by atoms with Crippen LogP contribution in [0.15, 0.2) is 42.5 Å². The smallest absolute Gasteiger partial charge is 0.323 e. The summed E-state index contributed by atoms with van der Waals surface area (Å²) in [6, 6.07) is 11.4. The van der Waals surface area contributed by atoms with Crippen LogP contribution in [0.4, 0.5) is 10.1 Å². The molecule has 1 N–H and O–H groups in total. The first kappa shape index (κ1) is 15.3. The number of hydrogen-bond acceptors (Lipinski definition) is 2. The van der Waals surface area contributed by atoms with Crippen LogP contribution in [0.1, 0.15) is 11.1 Å². The predicted molar refractivity (Wildman–Crippen MR) is 81.3 cm³/mol. The van der Waals surface area contributed by atoms with Crippen molar-refractivity contribution in [2.24, 2.45) is 0 Å². The first-order valence-electron chi connectivity index (χ1n) is 6.43. The van der Waals surface area contributed by atoms with Crippen LogP contribution in [0.25, 0.3) is 0 Å². The Morgan fingerprint density at radius 1 is 1.24 bits per heavy atom. The number of carboxylic acids is 1. The molecule has 0 unspecified atom stereocenters. The Morgan fingerprint density at radius 3 is 2.52 bits per heavy atom. The van der Waals surface area contributed by atoms with Crippen LogP contribution >= 0.6 is 11.6 Å². The van der Waals surface area contributed by atoms with Gasteiger partial charge in [-0.05, 0) is 54.4 Å². The number of halogens is 2. The zero-order valence-corrected chi connectivity index (χ0v) is 12.3. The molecule has 0 aliphatic heterocycles. The van der Waals surface area contributed by atoms with E-state index in [9.17, 15) is 9.18 Å². The molecule has 2 aromatic rings. The number of rotatable bonds is 5. The highest BCUT2D eigenvalue weighted by Gasteiger charge is 2.13. The minimum absolute atomic E-state index is 0.169. The molecule has 0 aromatic heterocycles. The zero-order valence-electron chi connectivity index (χ0n) is 11.5. The first-order valence-corrected chi connectivity index (χ1v) is 6.81. The summed E-state index contributed by atoms with van der Waals surface area (Å²) in [6.45, 7) is 2.02. The molecule has 0 fully saturated rings. The van der Waals surface area contributed by atoms with Crippen LogP contribution in [0.2, 0.25) is 5.02 Å². The summed E-state index contributed by atoms with van der Waals surface area (Å²) in [5.41, 5.74) is 2.40.